The van der Waals surface area contributed by atoms with Gasteiger partial charge in [-0.2, -0.15) is 0 Å². The molecule has 1 aromatic rings. The van der Waals surface area contributed by atoms with Gasteiger partial charge in [0.25, 0.3) is 0 Å². The molecule has 1 fully saturated rings. The second-order valence-electron chi connectivity index (χ2n) is 7.46. The van der Waals surface area contributed by atoms with E-state index in [-0.39, 0.29) is 36.1 Å². The van der Waals surface area contributed by atoms with Gasteiger partial charge in [0.2, 0.25) is 11.8 Å². The second kappa shape index (κ2) is 9.22. The van der Waals surface area contributed by atoms with Gasteiger partial charge in [-0.15, -0.1) is 0 Å². The zero-order valence-corrected chi connectivity index (χ0v) is 16.8. The lowest BCUT2D eigenvalue weighted by molar-refractivity contribution is -0.146. The topological polar surface area (TPSA) is 77.9 Å². The Hall–Kier alpha value is -2.08. The minimum absolute atomic E-state index is 0.0135. The van der Waals surface area contributed by atoms with Crippen LogP contribution in [0.15, 0.2) is 24.3 Å². The molecule has 1 aromatic carbocycles. The first kappa shape index (κ1) is 21.2. The summed E-state index contributed by atoms with van der Waals surface area (Å²) in [5.41, 5.74) is 0.837. The summed E-state index contributed by atoms with van der Waals surface area (Å²) in [5.74, 6) is -1.79. The first-order valence-electron chi connectivity index (χ1n) is 9.21. The fraction of sp³-hybridized carbons (Fsp3) is 0.550. The molecule has 2 amide bonds. The zero-order chi connectivity index (χ0) is 20.1. The predicted molar refractivity (Wildman–Crippen MR) is 104 cm³/mol. The largest absolute Gasteiger partial charge is 0.481 e. The summed E-state index contributed by atoms with van der Waals surface area (Å²) in [6.07, 6.45) is 0.908. The van der Waals surface area contributed by atoms with Crippen LogP contribution in [0.2, 0.25) is 5.02 Å². The van der Waals surface area contributed by atoms with E-state index >= 15 is 0 Å². The molecule has 0 aromatic heterocycles. The number of piperidine rings is 1. The monoisotopic (exact) mass is 394 g/mol. The number of hydrogen-bond donors (Lipinski definition) is 1. The van der Waals surface area contributed by atoms with Crippen LogP contribution in [-0.4, -0.2) is 59.4 Å². The van der Waals surface area contributed by atoms with Gasteiger partial charge in [-0.3, -0.25) is 14.4 Å². The molecule has 0 spiro atoms. The highest BCUT2D eigenvalue weighted by Gasteiger charge is 2.31. The molecule has 2 rings (SSSR count). The van der Waals surface area contributed by atoms with Gasteiger partial charge in [-0.1, -0.05) is 37.6 Å². The van der Waals surface area contributed by atoms with Crippen LogP contribution < -0.4 is 0 Å². The van der Waals surface area contributed by atoms with Crippen LogP contribution in [0.1, 0.15) is 38.2 Å². The molecule has 1 atom stereocenters. The van der Waals surface area contributed by atoms with Gasteiger partial charge in [0.05, 0.1) is 18.4 Å². The molecule has 1 unspecified atom stereocenters. The predicted octanol–water partition coefficient (Wildman–Crippen LogP) is 2.86. The third kappa shape index (κ3) is 5.45. The van der Waals surface area contributed by atoms with E-state index in [9.17, 15) is 14.4 Å². The Morgan fingerprint density at radius 2 is 1.89 bits per heavy atom. The molecule has 0 saturated carbocycles. The standard InChI is InChI=1S/C20H27ClN2O4/c1-13(2)18(15-5-4-6-16(21)11-15)19(25)22(3)12-17(24)23-9-7-14(8-10-23)20(26)27/h4-6,11,13-14,18H,7-10,12H2,1-3H3,(H,26,27). The molecule has 1 aliphatic rings. The summed E-state index contributed by atoms with van der Waals surface area (Å²) in [5, 5.41) is 9.63. The first-order valence-corrected chi connectivity index (χ1v) is 9.59. The van der Waals surface area contributed by atoms with Crippen molar-refractivity contribution in [2.75, 3.05) is 26.7 Å². The van der Waals surface area contributed by atoms with Crippen molar-refractivity contribution in [1.82, 2.24) is 9.80 Å². The number of benzene rings is 1. The van der Waals surface area contributed by atoms with Gasteiger partial charge >= 0.3 is 5.97 Å². The number of likely N-dealkylation sites (tertiary alicyclic amines) is 1. The minimum atomic E-state index is -0.810. The molecule has 0 bridgehead atoms. The van der Waals surface area contributed by atoms with Crippen LogP contribution in [-0.2, 0) is 14.4 Å². The SMILES string of the molecule is CC(C)C(C(=O)N(C)CC(=O)N1CCC(C(=O)O)CC1)c1cccc(Cl)c1. The number of likely N-dealkylation sites (N-methyl/N-ethyl adjacent to an activating group) is 1. The minimum Gasteiger partial charge on any atom is -0.481 e. The van der Waals surface area contributed by atoms with Gasteiger partial charge in [0.1, 0.15) is 0 Å². The van der Waals surface area contributed by atoms with Gasteiger partial charge in [0, 0.05) is 25.2 Å². The summed E-state index contributed by atoms with van der Waals surface area (Å²) >= 11 is 6.07. The molecular weight excluding hydrogens is 368 g/mol. The molecular formula is C20H27ClN2O4. The Kier molecular flexibility index (Phi) is 7.25. The lowest BCUT2D eigenvalue weighted by Crippen LogP contribution is -2.46. The van der Waals surface area contributed by atoms with Crippen molar-refractivity contribution >= 4 is 29.4 Å². The molecule has 6 nitrogen and oxygen atoms in total. The smallest absolute Gasteiger partial charge is 0.306 e. The quantitative estimate of drug-likeness (QED) is 0.804. The molecule has 7 heteroatoms. The molecule has 0 aliphatic carbocycles. The Morgan fingerprint density at radius 1 is 1.26 bits per heavy atom. The van der Waals surface area contributed by atoms with E-state index in [1.807, 2.05) is 26.0 Å². The first-order chi connectivity index (χ1) is 12.7. The third-order valence-corrected chi connectivity index (χ3v) is 5.32. The van der Waals surface area contributed by atoms with Crippen molar-refractivity contribution in [2.24, 2.45) is 11.8 Å². The molecule has 148 valence electrons. The third-order valence-electron chi connectivity index (χ3n) is 5.09. The van der Waals surface area contributed by atoms with Crippen molar-refractivity contribution in [1.29, 1.82) is 0 Å². The van der Waals surface area contributed by atoms with Crippen LogP contribution in [0.3, 0.4) is 0 Å². The van der Waals surface area contributed by atoms with Crippen molar-refractivity contribution in [3.63, 3.8) is 0 Å². The maximum Gasteiger partial charge on any atom is 0.306 e. The normalized spacial score (nSPS) is 16.3. The van der Waals surface area contributed by atoms with Crippen LogP contribution >= 0.6 is 11.6 Å². The van der Waals surface area contributed by atoms with E-state index in [1.165, 1.54) is 4.90 Å². The number of hydrogen-bond acceptors (Lipinski definition) is 3. The average Bonchev–Trinajstić information content (AvgIpc) is 2.61. The van der Waals surface area contributed by atoms with Gasteiger partial charge in [0.15, 0.2) is 0 Å². The van der Waals surface area contributed by atoms with E-state index < -0.39 is 5.97 Å². The number of carboxylic acids is 1. The van der Waals surface area contributed by atoms with Crippen molar-refractivity contribution in [2.45, 2.75) is 32.6 Å². The number of carbonyl (C=O) groups is 3. The van der Waals surface area contributed by atoms with Crippen molar-refractivity contribution in [3.8, 4) is 0 Å². The maximum atomic E-state index is 13.0. The number of rotatable bonds is 6. The summed E-state index contributed by atoms with van der Waals surface area (Å²) in [4.78, 5) is 39.7. The van der Waals surface area contributed by atoms with E-state index in [0.717, 1.165) is 5.56 Å². The van der Waals surface area contributed by atoms with Crippen LogP contribution in [0.5, 0.6) is 0 Å². The van der Waals surface area contributed by atoms with Crippen LogP contribution in [0, 0.1) is 11.8 Å². The number of amides is 2. The van der Waals surface area contributed by atoms with E-state index in [2.05, 4.69) is 0 Å². The van der Waals surface area contributed by atoms with Crippen LogP contribution in [0.4, 0.5) is 0 Å². The molecule has 1 saturated heterocycles. The fourth-order valence-corrected chi connectivity index (χ4v) is 3.71. The number of carbonyl (C=O) groups excluding carboxylic acids is 2. The number of aliphatic carboxylic acids is 1. The Morgan fingerprint density at radius 3 is 2.41 bits per heavy atom. The van der Waals surface area contributed by atoms with Crippen molar-refractivity contribution < 1.29 is 19.5 Å². The van der Waals surface area contributed by atoms with Gasteiger partial charge in [-0.25, -0.2) is 0 Å². The highest BCUT2D eigenvalue weighted by molar-refractivity contribution is 6.30. The molecule has 1 heterocycles. The fourth-order valence-electron chi connectivity index (χ4n) is 3.51. The van der Waals surface area contributed by atoms with E-state index in [4.69, 9.17) is 16.7 Å². The summed E-state index contributed by atoms with van der Waals surface area (Å²) in [6, 6.07) is 7.25. The zero-order valence-electron chi connectivity index (χ0n) is 16.0. The molecule has 1 N–H and O–H groups in total. The van der Waals surface area contributed by atoms with E-state index in [0.29, 0.717) is 31.0 Å². The lowest BCUT2D eigenvalue weighted by atomic mass is 9.87. The second-order valence-corrected chi connectivity index (χ2v) is 7.90. The Balaban J connectivity index is 2.01. The molecule has 0 radical (unpaired) electrons. The van der Waals surface area contributed by atoms with Crippen LogP contribution in [0.25, 0.3) is 0 Å². The molecule has 27 heavy (non-hydrogen) atoms. The number of nitrogens with zero attached hydrogens (tertiary/aromatic N) is 2. The highest BCUT2D eigenvalue weighted by atomic mass is 35.5. The van der Waals surface area contributed by atoms with Gasteiger partial charge < -0.3 is 14.9 Å². The maximum absolute atomic E-state index is 13.0. The molecule has 1 aliphatic heterocycles. The Bertz CT molecular complexity index is 699. The summed E-state index contributed by atoms with van der Waals surface area (Å²) in [7, 11) is 1.63. The summed E-state index contributed by atoms with van der Waals surface area (Å²) in [6.45, 7) is 4.76. The average molecular weight is 395 g/mol. The lowest BCUT2D eigenvalue weighted by Gasteiger charge is -2.32. The number of halogens is 1. The number of carboxylic acid groups (broad SMARTS) is 1. The Labute approximate surface area is 165 Å². The summed E-state index contributed by atoms with van der Waals surface area (Å²) < 4.78 is 0. The van der Waals surface area contributed by atoms with Gasteiger partial charge in [-0.05, 0) is 36.5 Å². The van der Waals surface area contributed by atoms with Crippen molar-refractivity contribution in [3.05, 3.63) is 34.9 Å². The van der Waals surface area contributed by atoms with E-state index in [1.54, 1.807) is 24.1 Å². The highest BCUT2D eigenvalue weighted by Crippen LogP contribution is 2.28.